The third-order valence-electron chi connectivity index (χ3n) is 2.77. The molecule has 0 aliphatic heterocycles. The van der Waals surface area contributed by atoms with Crippen molar-refractivity contribution in [1.82, 2.24) is 0 Å². The predicted octanol–water partition coefficient (Wildman–Crippen LogP) is 3.83. The van der Waals surface area contributed by atoms with Crippen molar-refractivity contribution in [2.75, 3.05) is 5.32 Å². The second-order valence-electron chi connectivity index (χ2n) is 5.48. The van der Waals surface area contributed by atoms with E-state index in [1.807, 2.05) is 12.1 Å². The molecule has 16 heavy (non-hydrogen) atoms. The minimum absolute atomic E-state index is 0.141. The van der Waals surface area contributed by atoms with Crippen LogP contribution in [0.2, 0.25) is 0 Å². The van der Waals surface area contributed by atoms with Crippen LogP contribution in [0.25, 0.3) is 0 Å². The van der Waals surface area contributed by atoms with Gasteiger partial charge in [-0.25, -0.2) is 0 Å². The maximum absolute atomic E-state index is 5.94. The van der Waals surface area contributed by atoms with E-state index in [9.17, 15) is 0 Å². The first-order valence-electron chi connectivity index (χ1n) is 6.09. The van der Waals surface area contributed by atoms with Crippen LogP contribution in [0, 0.1) is 0 Å². The molecule has 2 heteroatoms. The molecule has 0 spiro atoms. The zero-order valence-electron chi connectivity index (χ0n) is 10.4. The van der Waals surface area contributed by atoms with E-state index in [-0.39, 0.29) is 5.60 Å². The Morgan fingerprint density at radius 1 is 1.19 bits per heavy atom. The highest BCUT2D eigenvalue weighted by Crippen LogP contribution is 2.31. The van der Waals surface area contributed by atoms with E-state index in [0.717, 1.165) is 11.4 Å². The average molecular weight is 219 g/mol. The lowest BCUT2D eigenvalue weighted by Gasteiger charge is -2.30. The number of hydrogen-bond donors (Lipinski definition) is 1. The summed E-state index contributed by atoms with van der Waals surface area (Å²) in [5.74, 6) is 0.960. The Balaban J connectivity index is 2.09. The molecule has 1 aromatic rings. The summed E-state index contributed by atoms with van der Waals surface area (Å²) >= 11 is 0. The number of anilines is 1. The van der Waals surface area contributed by atoms with Crippen LogP contribution in [0.3, 0.4) is 0 Å². The standard InChI is InChI=1S/C14H21NO/c1-14(2,3)16-13-10-5-4-9-12(13)15-11-7-6-8-11/h4-5,9-11,15H,6-8H2,1-3H3. The van der Waals surface area contributed by atoms with Gasteiger partial charge in [0.05, 0.1) is 5.69 Å². The Labute approximate surface area is 98.0 Å². The third kappa shape index (κ3) is 2.91. The zero-order chi connectivity index (χ0) is 11.6. The predicted molar refractivity (Wildman–Crippen MR) is 68.1 cm³/mol. The van der Waals surface area contributed by atoms with Crippen molar-refractivity contribution in [3.63, 3.8) is 0 Å². The van der Waals surface area contributed by atoms with Crippen molar-refractivity contribution in [1.29, 1.82) is 0 Å². The van der Waals surface area contributed by atoms with Crippen LogP contribution in [-0.4, -0.2) is 11.6 Å². The summed E-state index contributed by atoms with van der Waals surface area (Å²) in [5, 5.41) is 3.54. The van der Waals surface area contributed by atoms with E-state index >= 15 is 0 Å². The Bertz CT molecular complexity index is 350. The molecular formula is C14H21NO. The van der Waals surface area contributed by atoms with E-state index in [4.69, 9.17) is 4.74 Å². The Hall–Kier alpha value is -1.18. The first-order valence-corrected chi connectivity index (χ1v) is 6.09. The van der Waals surface area contributed by atoms with Gasteiger partial charge >= 0.3 is 0 Å². The molecule has 1 aliphatic rings. The Kier molecular flexibility index (Phi) is 3.08. The van der Waals surface area contributed by atoms with Gasteiger partial charge in [0.1, 0.15) is 11.4 Å². The maximum Gasteiger partial charge on any atom is 0.143 e. The van der Waals surface area contributed by atoms with Crippen molar-refractivity contribution in [3.8, 4) is 5.75 Å². The third-order valence-corrected chi connectivity index (χ3v) is 2.77. The van der Waals surface area contributed by atoms with Gasteiger partial charge in [-0.05, 0) is 52.2 Å². The van der Waals surface area contributed by atoms with Crippen LogP contribution in [0.5, 0.6) is 5.75 Å². The first-order chi connectivity index (χ1) is 7.54. The molecule has 0 saturated heterocycles. The van der Waals surface area contributed by atoms with Crippen molar-refractivity contribution in [2.45, 2.75) is 51.7 Å². The monoisotopic (exact) mass is 219 g/mol. The van der Waals surface area contributed by atoms with Gasteiger partial charge in [0.25, 0.3) is 0 Å². The van der Waals surface area contributed by atoms with Gasteiger partial charge in [-0.2, -0.15) is 0 Å². The Morgan fingerprint density at radius 2 is 1.88 bits per heavy atom. The summed E-state index contributed by atoms with van der Waals surface area (Å²) in [6, 6.07) is 8.85. The summed E-state index contributed by atoms with van der Waals surface area (Å²) in [5.41, 5.74) is 0.985. The topological polar surface area (TPSA) is 21.3 Å². The van der Waals surface area contributed by atoms with Gasteiger partial charge in [-0.3, -0.25) is 0 Å². The molecule has 0 bridgehead atoms. The van der Waals surface area contributed by atoms with Crippen LogP contribution in [-0.2, 0) is 0 Å². The molecule has 2 nitrogen and oxygen atoms in total. The quantitative estimate of drug-likeness (QED) is 0.834. The molecule has 0 radical (unpaired) electrons. The lowest BCUT2D eigenvalue weighted by Crippen LogP contribution is -2.28. The average Bonchev–Trinajstić information content (AvgIpc) is 2.11. The minimum Gasteiger partial charge on any atom is -0.486 e. The first kappa shape index (κ1) is 11.3. The molecule has 0 amide bonds. The largest absolute Gasteiger partial charge is 0.486 e. The van der Waals surface area contributed by atoms with Crippen LogP contribution in [0.4, 0.5) is 5.69 Å². The molecule has 1 aliphatic carbocycles. The molecule has 0 heterocycles. The van der Waals surface area contributed by atoms with E-state index in [0.29, 0.717) is 6.04 Å². The van der Waals surface area contributed by atoms with Gasteiger partial charge in [-0.15, -0.1) is 0 Å². The van der Waals surface area contributed by atoms with Crippen molar-refractivity contribution >= 4 is 5.69 Å². The molecule has 0 atom stereocenters. The molecule has 0 unspecified atom stereocenters. The lowest BCUT2D eigenvalue weighted by molar-refractivity contribution is 0.131. The van der Waals surface area contributed by atoms with E-state index in [2.05, 4.69) is 38.2 Å². The van der Waals surface area contributed by atoms with Crippen LogP contribution in [0.15, 0.2) is 24.3 Å². The summed E-state index contributed by atoms with van der Waals surface area (Å²) in [7, 11) is 0. The number of ether oxygens (including phenoxy) is 1. The van der Waals surface area contributed by atoms with Crippen molar-refractivity contribution < 1.29 is 4.74 Å². The van der Waals surface area contributed by atoms with Crippen molar-refractivity contribution in [2.24, 2.45) is 0 Å². The van der Waals surface area contributed by atoms with Crippen LogP contribution in [0.1, 0.15) is 40.0 Å². The number of para-hydroxylation sites is 2. The van der Waals surface area contributed by atoms with Gasteiger partial charge < -0.3 is 10.1 Å². The normalized spacial score (nSPS) is 16.7. The molecule has 1 fully saturated rings. The van der Waals surface area contributed by atoms with Gasteiger partial charge in [0.2, 0.25) is 0 Å². The SMILES string of the molecule is CC(C)(C)Oc1ccccc1NC1CCC1. The number of rotatable bonds is 3. The summed E-state index contributed by atoms with van der Waals surface area (Å²) in [6.07, 6.45) is 3.91. The highest BCUT2D eigenvalue weighted by molar-refractivity contribution is 5.57. The number of nitrogens with one attached hydrogen (secondary N) is 1. The van der Waals surface area contributed by atoms with E-state index in [1.165, 1.54) is 19.3 Å². The van der Waals surface area contributed by atoms with Gasteiger partial charge in [0.15, 0.2) is 0 Å². The summed E-state index contributed by atoms with van der Waals surface area (Å²) < 4.78 is 5.94. The molecule has 1 saturated carbocycles. The maximum atomic E-state index is 5.94. The summed E-state index contributed by atoms with van der Waals surface area (Å²) in [6.45, 7) is 6.23. The summed E-state index contributed by atoms with van der Waals surface area (Å²) in [4.78, 5) is 0. The van der Waals surface area contributed by atoms with Crippen molar-refractivity contribution in [3.05, 3.63) is 24.3 Å². The highest BCUT2D eigenvalue weighted by Gasteiger charge is 2.20. The van der Waals surface area contributed by atoms with E-state index < -0.39 is 0 Å². The molecular weight excluding hydrogens is 198 g/mol. The molecule has 2 rings (SSSR count). The fourth-order valence-corrected chi connectivity index (χ4v) is 1.78. The second kappa shape index (κ2) is 4.36. The fraction of sp³-hybridized carbons (Fsp3) is 0.571. The molecule has 88 valence electrons. The Morgan fingerprint density at radius 3 is 2.44 bits per heavy atom. The lowest BCUT2D eigenvalue weighted by atomic mass is 9.93. The van der Waals surface area contributed by atoms with Crippen LogP contribution >= 0.6 is 0 Å². The molecule has 1 aromatic carbocycles. The fourth-order valence-electron chi connectivity index (χ4n) is 1.78. The molecule has 1 N–H and O–H groups in total. The van der Waals surface area contributed by atoms with Gasteiger partial charge in [-0.1, -0.05) is 12.1 Å². The zero-order valence-corrected chi connectivity index (χ0v) is 10.4. The second-order valence-corrected chi connectivity index (χ2v) is 5.48. The van der Waals surface area contributed by atoms with Gasteiger partial charge in [0, 0.05) is 6.04 Å². The van der Waals surface area contributed by atoms with Crippen LogP contribution < -0.4 is 10.1 Å². The highest BCUT2D eigenvalue weighted by atomic mass is 16.5. The smallest absolute Gasteiger partial charge is 0.143 e. The number of benzene rings is 1. The number of hydrogen-bond acceptors (Lipinski definition) is 2. The molecule has 0 aromatic heterocycles. The minimum atomic E-state index is -0.141. The van der Waals surface area contributed by atoms with E-state index in [1.54, 1.807) is 0 Å².